The third-order valence-corrected chi connectivity index (χ3v) is 2.90. The molecule has 0 radical (unpaired) electrons. The van der Waals surface area contributed by atoms with Crippen LogP contribution in [0.4, 0.5) is 0 Å². The summed E-state index contributed by atoms with van der Waals surface area (Å²) in [5.41, 5.74) is 7.85. The van der Waals surface area contributed by atoms with Gasteiger partial charge in [-0.3, -0.25) is 9.59 Å². The van der Waals surface area contributed by atoms with E-state index in [4.69, 9.17) is 5.73 Å². The molecule has 1 aromatic carbocycles. The molecule has 0 saturated heterocycles. The minimum atomic E-state index is -0.121. The Kier molecular flexibility index (Phi) is 6.73. The lowest BCUT2D eigenvalue weighted by Crippen LogP contribution is -2.36. The first kappa shape index (κ1) is 16.2. The van der Waals surface area contributed by atoms with Crippen LogP contribution in [-0.2, 0) is 22.6 Å². The molecular formula is C15H23N3O2. The van der Waals surface area contributed by atoms with Crippen molar-refractivity contribution in [2.45, 2.75) is 39.3 Å². The number of benzene rings is 1. The molecule has 110 valence electrons. The van der Waals surface area contributed by atoms with Crippen molar-refractivity contribution < 1.29 is 9.59 Å². The van der Waals surface area contributed by atoms with Gasteiger partial charge in [-0.2, -0.15) is 0 Å². The van der Waals surface area contributed by atoms with E-state index in [1.165, 1.54) is 6.92 Å². The van der Waals surface area contributed by atoms with E-state index in [1.807, 2.05) is 25.1 Å². The predicted octanol–water partition coefficient (Wildman–Crippen LogP) is 0.719. The second kappa shape index (κ2) is 8.32. The van der Waals surface area contributed by atoms with E-state index in [1.54, 1.807) is 0 Å². The van der Waals surface area contributed by atoms with E-state index in [9.17, 15) is 9.59 Å². The van der Waals surface area contributed by atoms with E-state index in [0.29, 0.717) is 19.5 Å². The second-order valence-electron chi connectivity index (χ2n) is 4.93. The molecule has 20 heavy (non-hydrogen) atoms. The molecule has 0 spiro atoms. The van der Waals surface area contributed by atoms with Crippen LogP contribution in [0.25, 0.3) is 0 Å². The third kappa shape index (κ3) is 6.33. The molecule has 1 rings (SSSR count). The highest BCUT2D eigenvalue weighted by Crippen LogP contribution is 2.07. The lowest BCUT2D eigenvalue weighted by atomic mass is 10.0. The highest BCUT2D eigenvalue weighted by molar-refractivity contribution is 5.78. The molecule has 0 heterocycles. The summed E-state index contributed by atoms with van der Waals surface area (Å²) >= 11 is 0. The van der Waals surface area contributed by atoms with Crippen molar-refractivity contribution in [3.8, 4) is 0 Å². The molecule has 4 N–H and O–H groups in total. The maximum atomic E-state index is 11.7. The first-order chi connectivity index (χ1) is 9.51. The topological polar surface area (TPSA) is 84.2 Å². The van der Waals surface area contributed by atoms with Gasteiger partial charge < -0.3 is 16.4 Å². The Bertz CT molecular complexity index is 460. The van der Waals surface area contributed by atoms with Crippen LogP contribution in [0.2, 0.25) is 0 Å². The monoisotopic (exact) mass is 277 g/mol. The summed E-state index contributed by atoms with van der Waals surface area (Å²) in [6.45, 7) is 4.29. The number of nitrogens with two attached hydrogens (primary N) is 1. The number of hydrogen-bond acceptors (Lipinski definition) is 3. The van der Waals surface area contributed by atoms with Crippen LogP contribution >= 0.6 is 0 Å². The van der Waals surface area contributed by atoms with E-state index >= 15 is 0 Å². The summed E-state index contributed by atoms with van der Waals surface area (Å²) in [7, 11) is 0. The average molecular weight is 277 g/mol. The van der Waals surface area contributed by atoms with Crippen molar-refractivity contribution in [1.82, 2.24) is 10.6 Å². The van der Waals surface area contributed by atoms with Crippen molar-refractivity contribution in [1.29, 1.82) is 0 Å². The highest BCUT2D eigenvalue weighted by Gasteiger charge is 2.08. The molecule has 2 amide bonds. The van der Waals surface area contributed by atoms with Crippen LogP contribution in [0.1, 0.15) is 31.4 Å². The Morgan fingerprint density at radius 3 is 2.65 bits per heavy atom. The van der Waals surface area contributed by atoms with Gasteiger partial charge in [-0.05, 0) is 24.5 Å². The average Bonchev–Trinajstić information content (AvgIpc) is 2.38. The van der Waals surface area contributed by atoms with E-state index < -0.39 is 0 Å². The number of hydrogen-bond donors (Lipinski definition) is 3. The number of carbonyl (C=O) groups is 2. The van der Waals surface area contributed by atoms with Gasteiger partial charge in [0.15, 0.2) is 0 Å². The van der Waals surface area contributed by atoms with Crippen LogP contribution in [0.15, 0.2) is 24.3 Å². The van der Waals surface area contributed by atoms with Crippen molar-refractivity contribution >= 4 is 11.8 Å². The van der Waals surface area contributed by atoms with Gasteiger partial charge in [0.25, 0.3) is 0 Å². The minimum absolute atomic E-state index is 0.0489. The molecular weight excluding hydrogens is 254 g/mol. The van der Waals surface area contributed by atoms with Crippen LogP contribution in [0.3, 0.4) is 0 Å². The summed E-state index contributed by atoms with van der Waals surface area (Å²) in [6, 6.07) is 8.09. The SMILES string of the molecule is CC(=O)NCCC(=O)NC(C)Cc1cccc(CN)c1. The molecule has 0 fully saturated rings. The van der Waals surface area contributed by atoms with Gasteiger partial charge in [-0.15, -0.1) is 0 Å². The third-order valence-electron chi connectivity index (χ3n) is 2.90. The molecule has 0 bridgehead atoms. The fourth-order valence-corrected chi connectivity index (χ4v) is 1.99. The van der Waals surface area contributed by atoms with Gasteiger partial charge in [0.1, 0.15) is 0 Å². The first-order valence-corrected chi connectivity index (χ1v) is 6.83. The van der Waals surface area contributed by atoms with E-state index in [0.717, 1.165) is 17.5 Å². The van der Waals surface area contributed by atoms with Gasteiger partial charge in [-0.1, -0.05) is 24.3 Å². The number of nitrogens with one attached hydrogen (secondary N) is 2. The largest absolute Gasteiger partial charge is 0.356 e. The Morgan fingerprint density at radius 1 is 1.30 bits per heavy atom. The Labute approximate surface area is 119 Å². The fourth-order valence-electron chi connectivity index (χ4n) is 1.99. The maximum absolute atomic E-state index is 11.7. The van der Waals surface area contributed by atoms with Gasteiger partial charge >= 0.3 is 0 Å². The van der Waals surface area contributed by atoms with Crippen LogP contribution in [0.5, 0.6) is 0 Å². The molecule has 0 aliphatic heterocycles. The number of amides is 2. The lowest BCUT2D eigenvalue weighted by Gasteiger charge is -2.14. The Balaban J connectivity index is 2.36. The molecule has 0 saturated carbocycles. The molecule has 0 aliphatic carbocycles. The zero-order valence-electron chi connectivity index (χ0n) is 12.1. The Hall–Kier alpha value is -1.88. The summed E-state index contributed by atoms with van der Waals surface area (Å²) in [5, 5.41) is 5.52. The van der Waals surface area contributed by atoms with Gasteiger partial charge in [-0.25, -0.2) is 0 Å². The lowest BCUT2D eigenvalue weighted by molar-refractivity contribution is -0.122. The van der Waals surface area contributed by atoms with Gasteiger partial charge in [0.05, 0.1) is 0 Å². The number of rotatable bonds is 7. The normalized spacial score (nSPS) is 11.8. The van der Waals surface area contributed by atoms with Crippen molar-refractivity contribution in [3.63, 3.8) is 0 Å². The second-order valence-corrected chi connectivity index (χ2v) is 4.93. The molecule has 5 nitrogen and oxygen atoms in total. The fraction of sp³-hybridized carbons (Fsp3) is 0.467. The Morgan fingerprint density at radius 2 is 2.00 bits per heavy atom. The highest BCUT2D eigenvalue weighted by atomic mass is 16.2. The zero-order valence-corrected chi connectivity index (χ0v) is 12.1. The molecule has 5 heteroatoms. The summed E-state index contributed by atoms with van der Waals surface area (Å²) in [6.07, 6.45) is 1.06. The van der Waals surface area contributed by atoms with Crippen molar-refractivity contribution in [2.24, 2.45) is 5.73 Å². The quantitative estimate of drug-likeness (QED) is 0.686. The summed E-state index contributed by atoms with van der Waals surface area (Å²) in [4.78, 5) is 22.4. The van der Waals surface area contributed by atoms with Gasteiger partial charge in [0.2, 0.25) is 11.8 Å². The van der Waals surface area contributed by atoms with E-state index in [-0.39, 0.29) is 17.9 Å². The molecule has 0 aliphatic rings. The van der Waals surface area contributed by atoms with Gasteiger partial charge in [0, 0.05) is 32.5 Å². The molecule has 0 aromatic heterocycles. The van der Waals surface area contributed by atoms with Crippen LogP contribution in [-0.4, -0.2) is 24.4 Å². The molecule has 1 aromatic rings. The molecule has 1 unspecified atom stereocenters. The van der Waals surface area contributed by atoms with Crippen LogP contribution in [0, 0.1) is 0 Å². The smallest absolute Gasteiger partial charge is 0.221 e. The van der Waals surface area contributed by atoms with Crippen LogP contribution < -0.4 is 16.4 Å². The summed E-state index contributed by atoms with van der Waals surface area (Å²) < 4.78 is 0. The van der Waals surface area contributed by atoms with Crippen molar-refractivity contribution in [2.75, 3.05) is 6.54 Å². The zero-order chi connectivity index (χ0) is 15.0. The summed E-state index contributed by atoms with van der Waals surface area (Å²) in [5.74, 6) is -0.175. The standard InChI is InChI=1S/C15H23N3O2/c1-11(18-15(20)6-7-17-12(2)19)8-13-4-3-5-14(9-13)10-16/h3-5,9,11H,6-8,10,16H2,1-2H3,(H,17,19)(H,18,20). The van der Waals surface area contributed by atoms with Crippen molar-refractivity contribution in [3.05, 3.63) is 35.4 Å². The van der Waals surface area contributed by atoms with E-state index in [2.05, 4.69) is 16.7 Å². The molecule has 1 atom stereocenters. The maximum Gasteiger partial charge on any atom is 0.221 e. The first-order valence-electron chi connectivity index (χ1n) is 6.83. The minimum Gasteiger partial charge on any atom is -0.356 e. The number of carbonyl (C=O) groups excluding carboxylic acids is 2. The predicted molar refractivity (Wildman–Crippen MR) is 78.9 cm³/mol.